The number of nitrogens with one attached hydrogen (secondary N) is 1. The van der Waals surface area contributed by atoms with Crippen molar-refractivity contribution >= 4 is 33.0 Å². The molecule has 2 aromatic rings. The summed E-state index contributed by atoms with van der Waals surface area (Å²) in [5.74, 6) is -0.854. The molecule has 0 saturated carbocycles. The Morgan fingerprint density at radius 1 is 1.10 bits per heavy atom. The predicted octanol–water partition coefficient (Wildman–Crippen LogP) is 1.67. The number of anilines is 2. The molecule has 0 bridgehead atoms. The van der Waals surface area contributed by atoms with Crippen molar-refractivity contribution in [2.45, 2.75) is 11.3 Å². The first kappa shape index (κ1) is 21.1. The van der Waals surface area contributed by atoms with Gasteiger partial charge in [-0.2, -0.15) is 0 Å². The van der Waals surface area contributed by atoms with Gasteiger partial charge in [-0.3, -0.25) is 9.59 Å². The second kappa shape index (κ2) is 8.54. The molecule has 1 fully saturated rings. The third-order valence-corrected chi connectivity index (χ3v) is 7.07. The van der Waals surface area contributed by atoms with E-state index in [1.165, 1.54) is 24.3 Å². The molecule has 0 spiro atoms. The molecule has 2 aliphatic heterocycles. The molecule has 0 aliphatic carbocycles. The summed E-state index contributed by atoms with van der Waals surface area (Å²) in [5.41, 5.74) is 0.800. The van der Waals surface area contributed by atoms with E-state index in [1.807, 2.05) is 4.90 Å². The van der Waals surface area contributed by atoms with Crippen LogP contribution in [-0.2, 0) is 19.4 Å². The largest absolute Gasteiger partial charge is 0.482 e. The van der Waals surface area contributed by atoms with Crippen molar-refractivity contribution in [2.24, 2.45) is 0 Å². The number of nitrogens with zero attached hydrogens (tertiary/aromatic N) is 2. The number of sulfone groups is 1. The number of para-hydroxylation sites is 1. The van der Waals surface area contributed by atoms with E-state index in [1.54, 1.807) is 23.1 Å². The van der Waals surface area contributed by atoms with Crippen LogP contribution in [0.1, 0.15) is 6.42 Å². The molecule has 10 heteroatoms. The van der Waals surface area contributed by atoms with Crippen LogP contribution in [0.5, 0.6) is 5.75 Å². The SMILES string of the molecule is O=C1COc2ccc(S(=O)(=O)CCC(=O)N3CCN(c4ccccc4F)CC3)cc2N1. The number of carbonyl (C=O) groups is 2. The van der Waals surface area contributed by atoms with Crippen molar-refractivity contribution in [1.82, 2.24) is 4.90 Å². The zero-order valence-corrected chi connectivity index (χ0v) is 17.5. The van der Waals surface area contributed by atoms with E-state index in [0.29, 0.717) is 43.3 Å². The third-order valence-electron chi connectivity index (χ3n) is 5.35. The van der Waals surface area contributed by atoms with Gasteiger partial charge in [0.05, 0.1) is 22.0 Å². The number of fused-ring (bicyclic) bond motifs is 1. The highest BCUT2D eigenvalue weighted by atomic mass is 32.2. The maximum absolute atomic E-state index is 14.0. The summed E-state index contributed by atoms with van der Waals surface area (Å²) in [6, 6.07) is 10.7. The zero-order valence-electron chi connectivity index (χ0n) is 16.7. The molecule has 0 aromatic heterocycles. The highest BCUT2D eigenvalue weighted by molar-refractivity contribution is 7.91. The van der Waals surface area contributed by atoms with Crippen LogP contribution in [0.15, 0.2) is 47.4 Å². The van der Waals surface area contributed by atoms with E-state index < -0.39 is 9.84 Å². The molecule has 164 valence electrons. The summed E-state index contributed by atoms with van der Waals surface area (Å²) in [4.78, 5) is 27.5. The first-order valence-electron chi connectivity index (χ1n) is 9.90. The number of benzene rings is 2. The van der Waals surface area contributed by atoms with Gasteiger partial charge in [0, 0.05) is 32.6 Å². The van der Waals surface area contributed by atoms with Gasteiger partial charge in [-0.05, 0) is 30.3 Å². The van der Waals surface area contributed by atoms with E-state index >= 15 is 0 Å². The van der Waals surface area contributed by atoms with E-state index in [-0.39, 0.29) is 41.3 Å². The number of hydrogen-bond acceptors (Lipinski definition) is 6. The Kier molecular flexibility index (Phi) is 5.81. The monoisotopic (exact) mass is 447 g/mol. The van der Waals surface area contributed by atoms with Crippen molar-refractivity contribution in [1.29, 1.82) is 0 Å². The average Bonchev–Trinajstić information content (AvgIpc) is 2.77. The third kappa shape index (κ3) is 4.63. The molecule has 31 heavy (non-hydrogen) atoms. The molecular formula is C21H22FN3O5S. The summed E-state index contributed by atoms with van der Waals surface area (Å²) < 4.78 is 44.6. The minimum atomic E-state index is -3.72. The summed E-state index contributed by atoms with van der Waals surface area (Å²) in [7, 11) is -3.72. The molecule has 1 saturated heterocycles. The summed E-state index contributed by atoms with van der Waals surface area (Å²) in [6.07, 6.45) is -0.151. The van der Waals surface area contributed by atoms with Crippen molar-refractivity contribution in [3.05, 3.63) is 48.3 Å². The molecule has 2 aromatic carbocycles. The maximum atomic E-state index is 14.0. The Morgan fingerprint density at radius 2 is 1.84 bits per heavy atom. The van der Waals surface area contributed by atoms with Crippen LogP contribution in [0.4, 0.5) is 15.8 Å². The number of carbonyl (C=O) groups excluding carboxylic acids is 2. The Labute approximate surface area is 179 Å². The fraction of sp³-hybridized carbons (Fsp3) is 0.333. The number of rotatable bonds is 5. The van der Waals surface area contributed by atoms with Crippen LogP contribution in [0.25, 0.3) is 0 Å². The summed E-state index contributed by atoms with van der Waals surface area (Å²) >= 11 is 0. The Bertz CT molecular complexity index is 1110. The minimum absolute atomic E-state index is 0.0224. The standard InChI is InChI=1S/C21H22FN3O5S/c22-16-3-1-2-4-18(16)24-8-10-25(11-9-24)21(27)7-12-31(28,29)15-5-6-19-17(13-15)23-20(26)14-30-19/h1-6,13H,7-12,14H2,(H,23,26). The van der Waals surface area contributed by atoms with Crippen LogP contribution in [0.3, 0.4) is 0 Å². The summed E-state index contributed by atoms with van der Waals surface area (Å²) in [6.45, 7) is 1.64. The first-order valence-corrected chi connectivity index (χ1v) is 11.6. The molecule has 2 amide bonds. The fourth-order valence-electron chi connectivity index (χ4n) is 3.66. The van der Waals surface area contributed by atoms with Crippen LogP contribution < -0.4 is 15.0 Å². The van der Waals surface area contributed by atoms with Gasteiger partial charge in [0.2, 0.25) is 5.91 Å². The van der Waals surface area contributed by atoms with Gasteiger partial charge in [-0.1, -0.05) is 12.1 Å². The highest BCUT2D eigenvalue weighted by Gasteiger charge is 2.26. The maximum Gasteiger partial charge on any atom is 0.262 e. The van der Waals surface area contributed by atoms with Crippen molar-refractivity contribution in [3.8, 4) is 5.75 Å². The number of piperazine rings is 1. The van der Waals surface area contributed by atoms with Gasteiger partial charge in [0.25, 0.3) is 5.91 Å². The normalized spacial score (nSPS) is 16.4. The van der Waals surface area contributed by atoms with Gasteiger partial charge in [0.1, 0.15) is 11.6 Å². The molecule has 0 radical (unpaired) electrons. The molecule has 4 rings (SSSR count). The van der Waals surface area contributed by atoms with Crippen LogP contribution in [0.2, 0.25) is 0 Å². The Morgan fingerprint density at radius 3 is 2.58 bits per heavy atom. The smallest absolute Gasteiger partial charge is 0.262 e. The molecule has 1 N–H and O–H groups in total. The number of hydrogen-bond donors (Lipinski definition) is 1. The second-order valence-corrected chi connectivity index (χ2v) is 9.49. The predicted molar refractivity (Wildman–Crippen MR) is 112 cm³/mol. The van der Waals surface area contributed by atoms with Crippen LogP contribution >= 0.6 is 0 Å². The van der Waals surface area contributed by atoms with E-state index in [4.69, 9.17) is 4.74 Å². The number of ether oxygens (including phenoxy) is 1. The van der Waals surface area contributed by atoms with E-state index in [9.17, 15) is 22.4 Å². The van der Waals surface area contributed by atoms with Crippen LogP contribution in [0, 0.1) is 5.82 Å². The molecule has 2 aliphatic rings. The molecule has 0 atom stereocenters. The van der Waals surface area contributed by atoms with Gasteiger partial charge in [-0.15, -0.1) is 0 Å². The van der Waals surface area contributed by atoms with Gasteiger partial charge in [0.15, 0.2) is 16.4 Å². The lowest BCUT2D eigenvalue weighted by atomic mass is 10.2. The lowest BCUT2D eigenvalue weighted by Crippen LogP contribution is -2.49. The quantitative estimate of drug-likeness (QED) is 0.749. The lowest BCUT2D eigenvalue weighted by molar-refractivity contribution is -0.131. The Balaban J connectivity index is 1.34. The molecular weight excluding hydrogens is 425 g/mol. The molecule has 8 nitrogen and oxygen atoms in total. The van der Waals surface area contributed by atoms with Gasteiger partial charge in [-0.25, -0.2) is 12.8 Å². The Hall–Kier alpha value is -3.14. The van der Waals surface area contributed by atoms with Crippen molar-refractivity contribution in [2.75, 3.05) is 48.8 Å². The lowest BCUT2D eigenvalue weighted by Gasteiger charge is -2.36. The first-order chi connectivity index (χ1) is 14.8. The topological polar surface area (TPSA) is 96.0 Å². The number of amides is 2. The minimum Gasteiger partial charge on any atom is -0.482 e. The fourth-order valence-corrected chi connectivity index (χ4v) is 4.91. The zero-order chi connectivity index (χ0) is 22.0. The number of halogens is 1. The van der Waals surface area contributed by atoms with E-state index in [2.05, 4.69) is 5.32 Å². The summed E-state index contributed by atoms with van der Waals surface area (Å²) in [5, 5.41) is 2.58. The van der Waals surface area contributed by atoms with Crippen LogP contribution in [-0.4, -0.2) is 63.7 Å². The highest BCUT2D eigenvalue weighted by Crippen LogP contribution is 2.30. The average molecular weight is 447 g/mol. The van der Waals surface area contributed by atoms with Crippen molar-refractivity contribution in [3.63, 3.8) is 0 Å². The molecule has 2 heterocycles. The van der Waals surface area contributed by atoms with Gasteiger partial charge < -0.3 is 19.9 Å². The van der Waals surface area contributed by atoms with Crippen molar-refractivity contribution < 1.29 is 27.1 Å². The van der Waals surface area contributed by atoms with Gasteiger partial charge >= 0.3 is 0 Å². The molecule has 0 unspecified atom stereocenters. The van der Waals surface area contributed by atoms with E-state index in [0.717, 1.165) is 0 Å². The second-order valence-electron chi connectivity index (χ2n) is 7.38.